The highest BCUT2D eigenvalue weighted by molar-refractivity contribution is 5.78. The maximum Gasteiger partial charge on any atom is 0.318 e. The van der Waals surface area contributed by atoms with E-state index in [0.717, 1.165) is 44.1 Å². The topological polar surface area (TPSA) is 61.4 Å². The Kier molecular flexibility index (Phi) is 5.56. The Bertz CT molecular complexity index is 629. The first-order chi connectivity index (χ1) is 12.1. The van der Waals surface area contributed by atoms with Gasteiger partial charge in [-0.3, -0.25) is 4.79 Å². The molecule has 1 saturated heterocycles. The van der Waals surface area contributed by atoms with E-state index in [4.69, 9.17) is 0 Å². The van der Waals surface area contributed by atoms with Gasteiger partial charge in [-0.15, -0.1) is 0 Å². The molecule has 2 fully saturated rings. The first-order valence-corrected chi connectivity index (χ1v) is 9.12. The molecule has 0 spiro atoms. The highest BCUT2D eigenvalue weighted by Gasteiger charge is 2.32. The number of nitrogens with zero attached hydrogens (tertiary/aromatic N) is 1. The highest BCUT2D eigenvalue weighted by Crippen LogP contribution is 2.32. The number of carbonyl (C=O) groups is 2. The van der Waals surface area contributed by atoms with Crippen molar-refractivity contribution in [1.29, 1.82) is 0 Å². The van der Waals surface area contributed by atoms with Gasteiger partial charge in [-0.05, 0) is 56.2 Å². The van der Waals surface area contributed by atoms with Crippen molar-refractivity contribution in [1.82, 2.24) is 15.5 Å². The Labute approximate surface area is 148 Å². The molecular weight excluding hydrogens is 321 g/mol. The van der Waals surface area contributed by atoms with E-state index in [-0.39, 0.29) is 35.8 Å². The summed E-state index contributed by atoms with van der Waals surface area (Å²) in [5, 5.41) is 5.81. The summed E-state index contributed by atoms with van der Waals surface area (Å²) in [6, 6.07) is 6.50. The van der Waals surface area contributed by atoms with Gasteiger partial charge >= 0.3 is 6.03 Å². The smallest absolute Gasteiger partial charge is 0.318 e. The van der Waals surface area contributed by atoms with Crippen LogP contribution >= 0.6 is 0 Å². The van der Waals surface area contributed by atoms with Crippen molar-refractivity contribution in [2.45, 2.75) is 50.6 Å². The van der Waals surface area contributed by atoms with E-state index in [1.807, 2.05) is 11.0 Å². The molecule has 5 nitrogen and oxygen atoms in total. The fourth-order valence-electron chi connectivity index (χ4n) is 4.03. The SMILES string of the molecule is CNC(=O)C1CCC(NC(=O)N2CCC[C@@H]2c2cccc(F)c2)CC1. The lowest BCUT2D eigenvalue weighted by Crippen LogP contribution is -2.46. The molecule has 0 bridgehead atoms. The summed E-state index contributed by atoms with van der Waals surface area (Å²) < 4.78 is 13.5. The molecule has 0 aromatic heterocycles. The van der Waals surface area contributed by atoms with Gasteiger partial charge in [-0.1, -0.05) is 12.1 Å². The van der Waals surface area contributed by atoms with Gasteiger partial charge in [0.15, 0.2) is 0 Å². The number of urea groups is 1. The third-order valence-corrected chi connectivity index (χ3v) is 5.42. The number of hydrogen-bond donors (Lipinski definition) is 2. The molecule has 0 radical (unpaired) electrons. The van der Waals surface area contributed by atoms with Gasteiger partial charge in [-0.2, -0.15) is 0 Å². The van der Waals surface area contributed by atoms with Crippen molar-refractivity contribution in [2.75, 3.05) is 13.6 Å². The molecule has 1 aromatic carbocycles. The van der Waals surface area contributed by atoms with Crippen LogP contribution in [0.4, 0.5) is 9.18 Å². The molecule has 1 aliphatic heterocycles. The quantitative estimate of drug-likeness (QED) is 0.883. The molecule has 25 heavy (non-hydrogen) atoms. The maximum atomic E-state index is 13.5. The fraction of sp³-hybridized carbons (Fsp3) is 0.579. The van der Waals surface area contributed by atoms with Crippen LogP contribution < -0.4 is 10.6 Å². The Morgan fingerprint density at radius 2 is 1.92 bits per heavy atom. The van der Waals surface area contributed by atoms with Crippen LogP contribution in [0.5, 0.6) is 0 Å². The summed E-state index contributed by atoms with van der Waals surface area (Å²) in [5.74, 6) is -0.113. The van der Waals surface area contributed by atoms with Gasteiger partial charge in [0.1, 0.15) is 5.82 Å². The molecule has 3 rings (SSSR count). The Balaban J connectivity index is 1.57. The molecule has 136 valence electrons. The minimum Gasteiger partial charge on any atom is -0.359 e. The number of benzene rings is 1. The van der Waals surface area contributed by atoms with Crippen LogP contribution in [-0.4, -0.2) is 36.5 Å². The van der Waals surface area contributed by atoms with Gasteiger partial charge in [0.05, 0.1) is 6.04 Å². The molecule has 1 saturated carbocycles. The second-order valence-corrected chi connectivity index (χ2v) is 7.02. The van der Waals surface area contributed by atoms with Crippen molar-refractivity contribution < 1.29 is 14.0 Å². The predicted molar refractivity (Wildman–Crippen MR) is 93.4 cm³/mol. The summed E-state index contributed by atoms with van der Waals surface area (Å²) >= 11 is 0. The van der Waals surface area contributed by atoms with Gasteiger partial charge in [0, 0.05) is 25.6 Å². The first-order valence-electron chi connectivity index (χ1n) is 9.12. The number of nitrogens with one attached hydrogen (secondary N) is 2. The zero-order valence-corrected chi connectivity index (χ0v) is 14.6. The largest absolute Gasteiger partial charge is 0.359 e. The number of halogens is 1. The van der Waals surface area contributed by atoms with E-state index in [9.17, 15) is 14.0 Å². The Hall–Kier alpha value is -2.11. The monoisotopic (exact) mass is 347 g/mol. The van der Waals surface area contributed by atoms with Crippen LogP contribution in [0, 0.1) is 11.7 Å². The van der Waals surface area contributed by atoms with E-state index in [0.29, 0.717) is 6.54 Å². The number of rotatable bonds is 3. The molecule has 1 aromatic rings. The van der Waals surface area contributed by atoms with Gasteiger partial charge in [0.2, 0.25) is 5.91 Å². The Morgan fingerprint density at radius 3 is 2.60 bits per heavy atom. The molecule has 6 heteroatoms. The van der Waals surface area contributed by atoms with Crippen molar-refractivity contribution in [3.05, 3.63) is 35.6 Å². The standard InChI is InChI=1S/C19H26FN3O2/c1-21-18(24)13-7-9-16(10-8-13)22-19(25)23-11-3-6-17(23)14-4-2-5-15(20)12-14/h2,4-5,12-13,16-17H,3,6-11H2,1H3,(H,21,24)(H,22,25)/t13?,16?,17-/m1/s1. The highest BCUT2D eigenvalue weighted by atomic mass is 19.1. The molecule has 0 unspecified atom stereocenters. The Morgan fingerprint density at radius 1 is 1.16 bits per heavy atom. The predicted octanol–water partition coefficient (Wildman–Crippen LogP) is 2.98. The van der Waals surface area contributed by atoms with Crippen molar-refractivity contribution in [2.24, 2.45) is 5.92 Å². The van der Waals surface area contributed by atoms with E-state index in [1.165, 1.54) is 12.1 Å². The lowest BCUT2D eigenvalue weighted by atomic mass is 9.85. The fourth-order valence-corrected chi connectivity index (χ4v) is 4.03. The van der Waals surface area contributed by atoms with Crippen LogP contribution in [0.3, 0.4) is 0 Å². The second-order valence-electron chi connectivity index (χ2n) is 7.02. The van der Waals surface area contributed by atoms with Crippen molar-refractivity contribution in [3.8, 4) is 0 Å². The summed E-state index contributed by atoms with van der Waals surface area (Å²) in [6.07, 6.45) is 5.04. The number of carbonyl (C=O) groups excluding carboxylic acids is 2. The van der Waals surface area contributed by atoms with Crippen molar-refractivity contribution >= 4 is 11.9 Å². The van der Waals surface area contributed by atoms with E-state index in [1.54, 1.807) is 13.1 Å². The van der Waals surface area contributed by atoms with E-state index in [2.05, 4.69) is 10.6 Å². The first kappa shape index (κ1) is 17.7. The van der Waals surface area contributed by atoms with Gasteiger partial charge < -0.3 is 15.5 Å². The summed E-state index contributed by atoms with van der Waals surface area (Å²) in [6.45, 7) is 0.695. The minimum absolute atomic E-state index is 0.0575. The average Bonchev–Trinajstić information content (AvgIpc) is 3.11. The van der Waals surface area contributed by atoms with Crippen LogP contribution in [-0.2, 0) is 4.79 Å². The van der Waals surface area contributed by atoms with E-state index >= 15 is 0 Å². The van der Waals surface area contributed by atoms with Gasteiger partial charge in [-0.25, -0.2) is 9.18 Å². The lowest BCUT2D eigenvalue weighted by molar-refractivity contribution is -0.125. The molecule has 1 aliphatic carbocycles. The molecule has 2 aliphatic rings. The summed E-state index contributed by atoms with van der Waals surface area (Å²) in [5.41, 5.74) is 0.857. The lowest BCUT2D eigenvalue weighted by Gasteiger charge is -2.31. The van der Waals surface area contributed by atoms with Gasteiger partial charge in [0.25, 0.3) is 0 Å². The maximum absolute atomic E-state index is 13.5. The molecule has 3 amide bonds. The third kappa shape index (κ3) is 4.11. The molecule has 1 heterocycles. The van der Waals surface area contributed by atoms with Crippen LogP contribution in [0.25, 0.3) is 0 Å². The summed E-state index contributed by atoms with van der Waals surface area (Å²) in [4.78, 5) is 26.2. The zero-order chi connectivity index (χ0) is 17.8. The minimum atomic E-state index is -0.266. The molecule has 1 atom stereocenters. The van der Waals surface area contributed by atoms with Crippen molar-refractivity contribution in [3.63, 3.8) is 0 Å². The molecular formula is C19H26FN3O2. The third-order valence-electron chi connectivity index (χ3n) is 5.42. The normalized spacial score (nSPS) is 26.3. The second kappa shape index (κ2) is 7.85. The van der Waals surface area contributed by atoms with Crippen LogP contribution in [0.2, 0.25) is 0 Å². The zero-order valence-electron chi connectivity index (χ0n) is 14.6. The van der Waals surface area contributed by atoms with E-state index < -0.39 is 0 Å². The van der Waals surface area contributed by atoms with Crippen LogP contribution in [0.1, 0.15) is 50.1 Å². The molecule has 2 N–H and O–H groups in total. The van der Waals surface area contributed by atoms with Crippen LogP contribution in [0.15, 0.2) is 24.3 Å². The summed E-state index contributed by atoms with van der Waals surface area (Å²) in [7, 11) is 1.66. The number of hydrogen-bond acceptors (Lipinski definition) is 2. The number of likely N-dealkylation sites (tertiary alicyclic amines) is 1. The number of amides is 3. The average molecular weight is 347 g/mol.